The molecule has 41 heavy (non-hydrogen) atoms. The molecule has 0 fully saturated rings. The lowest BCUT2D eigenvalue weighted by Crippen LogP contribution is -2.18. The van der Waals surface area contributed by atoms with Gasteiger partial charge < -0.3 is 19.0 Å². The van der Waals surface area contributed by atoms with Crippen LogP contribution in [0.15, 0.2) is 84.9 Å². The van der Waals surface area contributed by atoms with Gasteiger partial charge in [-0.1, -0.05) is 61.5 Å². The number of pyridine rings is 1. The van der Waals surface area contributed by atoms with Crippen LogP contribution >= 0.6 is 0 Å². The molecule has 0 amide bonds. The fourth-order valence-corrected chi connectivity index (χ4v) is 5.24. The molecule has 0 spiro atoms. The van der Waals surface area contributed by atoms with Crippen molar-refractivity contribution in [3.8, 4) is 17.3 Å². The van der Waals surface area contributed by atoms with Crippen LogP contribution in [0.5, 0.6) is 5.75 Å². The number of imidazole rings is 2. The third kappa shape index (κ3) is 5.04. The van der Waals surface area contributed by atoms with Gasteiger partial charge in [0.15, 0.2) is 11.5 Å². The molecule has 1 N–H and O–H groups in total. The van der Waals surface area contributed by atoms with Crippen molar-refractivity contribution >= 4 is 28.2 Å². The molecule has 6 aromatic rings. The van der Waals surface area contributed by atoms with Gasteiger partial charge in [0.2, 0.25) is 6.10 Å². The van der Waals surface area contributed by atoms with Gasteiger partial charge in [0.25, 0.3) is 0 Å². The number of carboxylic acid groups (broad SMARTS) is 1. The molecule has 1 unspecified atom stereocenters. The highest BCUT2D eigenvalue weighted by molar-refractivity contribution is 5.83. The summed E-state index contributed by atoms with van der Waals surface area (Å²) in [7, 11) is 2.02. The molecule has 1 atom stereocenters. The Labute approximate surface area is 237 Å². The van der Waals surface area contributed by atoms with Crippen LogP contribution in [-0.2, 0) is 24.8 Å². The monoisotopic (exact) mass is 545 g/mol. The first-order valence-electron chi connectivity index (χ1n) is 13.7. The molecule has 0 aliphatic heterocycles. The maximum Gasteiger partial charge on any atom is 0.349 e. The topological polar surface area (TPSA) is 95.1 Å². The van der Waals surface area contributed by atoms with Gasteiger partial charge in [-0.25, -0.2) is 19.7 Å². The fourth-order valence-electron chi connectivity index (χ4n) is 5.24. The predicted octanol–water partition coefficient (Wildman–Crippen LogP) is 6.50. The molecule has 206 valence electrons. The van der Waals surface area contributed by atoms with E-state index >= 15 is 0 Å². The number of carbonyl (C=O) groups is 1. The molecule has 0 bridgehead atoms. The summed E-state index contributed by atoms with van der Waals surface area (Å²) in [5.74, 6) is 1.25. The lowest BCUT2D eigenvalue weighted by molar-refractivity contribution is -0.145. The Morgan fingerprint density at radius 3 is 2.39 bits per heavy atom. The first kappa shape index (κ1) is 26.3. The van der Waals surface area contributed by atoms with Crippen molar-refractivity contribution in [2.24, 2.45) is 7.05 Å². The maximum absolute atomic E-state index is 11.9. The summed E-state index contributed by atoms with van der Waals surface area (Å²) in [5.41, 5.74) is 7.20. The standard InChI is InChI=1S/C33H31N5O3/c1-4-10-28-36-29-21(2)19-26(31-34-25-13-8-9-14-27(25)37(31)3)35-32(29)38(28)20-22-15-17-24(18-16-22)41-30(33(39)40)23-11-6-5-7-12-23/h5-9,11-19,30H,4,10,20H2,1-3H3,(H,39,40). The van der Waals surface area contributed by atoms with Crippen LogP contribution < -0.4 is 4.74 Å². The molecule has 6 rings (SSSR count). The summed E-state index contributed by atoms with van der Waals surface area (Å²) in [6.07, 6.45) is 0.711. The third-order valence-electron chi connectivity index (χ3n) is 7.31. The molecule has 8 heteroatoms. The fraction of sp³-hybridized carbons (Fsp3) is 0.212. The van der Waals surface area contributed by atoms with Gasteiger partial charge in [-0.05, 0) is 54.8 Å². The van der Waals surface area contributed by atoms with E-state index in [2.05, 4.69) is 35.1 Å². The molecule has 0 saturated carbocycles. The Balaban J connectivity index is 1.34. The average Bonchev–Trinajstić information content (AvgIpc) is 3.50. The summed E-state index contributed by atoms with van der Waals surface area (Å²) >= 11 is 0. The minimum absolute atomic E-state index is 0.493. The van der Waals surface area contributed by atoms with Crippen molar-refractivity contribution in [1.29, 1.82) is 0 Å². The number of para-hydroxylation sites is 2. The molecule has 3 heterocycles. The van der Waals surface area contributed by atoms with Crippen LogP contribution in [0.3, 0.4) is 0 Å². The number of benzene rings is 3. The zero-order chi connectivity index (χ0) is 28.5. The van der Waals surface area contributed by atoms with E-state index in [1.165, 1.54) is 0 Å². The summed E-state index contributed by atoms with van der Waals surface area (Å²) in [5, 5.41) is 9.73. The second kappa shape index (κ2) is 10.9. The van der Waals surface area contributed by atoms with Crippen LogP contribution in [0.4, 0.5) is 0 Å². The van der Waals surface area contributed by atoms with Crippen molar-refractivity contribution in [2.75, 3.05) is 0 Å². The zero-order valence-electron chi connectivity index (χ0n) is 23.3. The SMILES string of the molecule is CCCc1nc2c(C)cc(-c3nc4ccccc4n3C)nc2n1Cc1ccc(OC(C(=O)O)c2ccccc2)cc1. The molecule has 3 aromatic carbocycles. The van der Waals surface area contributed by atoms with Gasteiger partial charge in [0.1, 0.15) is 22.8 Å². The molecular weight excluding hydrogens is 514 g/mol. The number of aromatic nitrogens is 5. The highest BCUT2D eigenvalue weighted by Crippen LogP contribution is 2.29. The normalized spacial score (nSPS) is 12.2. The Kier molecular flexibility index (Phi) is 6.97. The summed E-state index contributed by atoms with van der Waals surface area (Å²) in [4.78, 5) is 26.8. The van der Waals surface area contributed by atoms with E-state index in [1.807, 2.05) is 55.6 Å². The van der Waals surface area contributed by atoms with Gasteiger partial charge in [-0.2, -0.15) is 0 Å². The van der Waals surface area contributed by atoms with Crippen LogP contribution in [0, 0.1) is 6.92 Å². The van der Waals surface area contributed by atoms with E-state index in [1.54, 1.807) is 24.3 Å². The molecule has 8 nitrogen and oxygen atoms in total. The molecule has 0 saturated heterocycles. The minimum Gasteiger partial charge on any atom is -0.478 e. The van der Waals surface area contributed by atoms with Gasteiger partial charge in [0, 0.05) is 19.0 Å². The maximum atomic E-state index is 11.9. The van der Waals surface area contributed by atoms with E-state index in [0.717, 1.165) is 63.5 Å². The summed E-state index contributed by atoms with van der Waals surface area (Å²) in [6, 6.07) is 26.7. The number of carboxylic acids is 1. The van der Waals surface area contributed by atoms with E-state index < -0.39 is 12.1 Å². The quantitative estimate of drug-likeness (QED) is 0.223. The van der Waals surface area contributed by atoms with Gasteiger partial charge in [-0.3, -0.25) is 0 Å². The van der Waals surface area contributed by atoms with E-state index in [9.17, 15) is 9.90 Å². The van der Waals surface area contributed by atoms with Crippen LogP contribution in [0.25, 0.3) is 33.7 Å². The van der Waals surface area contributed by atoms with Crippen LogP contribution in [-0.4, -0.2) is 35.2 Å². The van der Waals surface area contributed by atoms with Gasteiger partial charge >= 0.3 is 5.97 Å². The number of fused-ring (bicyclic) bond motifs is 2. The highest BCUT2D eigenvalue weighted by Gasteiger charge is 2.22. The lowest BCUT2D eigenvalue weighted by atomic mass is 10.1. The molecule has 0 aliphatic carbocycles. The first-order chi connectivity index (χ1) is 19.9. The molecule has 0 radical (unpaired) electrons. The third-order valence-corrected chi connectivity index (χ3v) is 7.31. The Bertz CT molecular complexity index is 1860. The number of aryl methyl sites for hydroxylation is 3. The van der Waals surface area contributed by atoms with Crippen molar-refractivity contribution in [3.05, 3.63) is 107 Å². The number of ether oxygens (including phenoxy) is 1. The minimum atomic E-state index is -1.08. The molecule has 0 aliphatic rings. The van der Waals surface area contributed by atoms with Crippen molar-refractivity contribution < 1.29 is 14.6 Å². The lowest BCUT2D eigenvalue weighted by Gasteiger charge is -2.16. The Hall–Kier alpha value is -4.98. The number of nitrogens with zero attached hydrogens (tertiary/aromatic N) is 5. The molecular formula is C33H31N5O3. The Morgan fingerprint density at radius 1 is 0.951 bits per heavy atom. The van der Waals surface area contributed by atoms with Crippen molar-refractivity contribution in [1.82, 2.24) is 24.1 Å². The largest absolute Gasteiger partial charge is 0.478 e. The second-order valence-electron chi connectivity index (χ2n) is 10.2. The number of hydrogen-bond donors (Lipinski definition) is 1. The summed E-state index contributed by atoms with van der Waals surface area (Å²) in [6.45, 7) is 4.79. The molecule has 3 aromatic heterocycles. The van der Waals surface area contributed by atoms with E-state index in [0.29, 0.717) is 17.9 Å². The number of rotatable bonds is 9. The number of hydrogen-bond acceptors (Lipinski definition) is 5. The smallest absolute Gasteiger partial charge is 0.349 e. The van der Waals surface area contributed by atoms with Crippen molar-refractivity contribution in [3.63, 3.8) is 0 Å². The summed E-state index contributed by atoms with van der Waals surface area (Å²) < 4.78 is 10.1. The predicted molar refractivity (Wildman–Crippen MR) is 159 cm³/mol. The van der Waals surface area contributed by atoms with Crippen molar-refractivity contribution in [2.45, 2.75) is 39.3 Å². The second-order valence-corrected chi connectivity index (χ2v) is 10.2. The van der Waals surface area contributed by atoms with Crippen LogP contribution in [0.2, 0.25) is 0 Å². The van der Waals surface area contributed by atoms with Crippen LogP contribution in [0.1, 0.15) is 42.0 Å². The highest BCUT2D eigenvalue weighted by atomic mass is 16.5. The number of aliphatic carboxylic acids is 1. The first-order valence-corrected chi connectivity index (χ1v) is 13.7. The van der Waals surface area contributed by atoms with Gasteiger partial charge in [0.05, 0.1) is 17.6 Å². The Morgan fingerprint density at radius 2 is 1.68 bits per heavy atom. The van der Waals surface area contributed by atoms with E-state index in [4.69, 9.17) is 19.7 Å². The average molecular weight is 546 g/mol. The van der Waals surface area contributed by atoms with Gasteiger partial charge in [-0.15, -0.1) is 0 Å². The zero-order valence-corrected chi connectivity index (χ0v) is 23.3. The van der Waals surface area contributed by atoms with E-state index in [-0.39, 0.29) is 0 Å².